The van der Waals surface area contributed by atoms with Gasteiger partial charge in [-0.3, -0.25) is 0 Å². The van der Waals surface area contributed by atoms with Gasteiger partial charge >= 0.3 is 29.6 Å². The molecule has 4 aliphatic rings. The Morgan fingerprint density at radius 3 is 1.56 bits per heavy atom. The molecule has 0 amide bonds. The Labute approximate surface area is 273 Å². The van der Waals surface area contributed by atoms with Crippen molar-refractivity contribution in [2.45, 2.75) is 58.9 Å². The van der Waals surface area contributed by atoms with Crippen LogP contribution in [0.3, 0.4) is 0 Å². The van der Waals surface area contributed by atoms with E-state index >= 15 is 0 Å². The number of carbonyl (C=O) groups excluding carboxylic acids is 1. The summed E-state index contributed by atoms with van der Waals surface area (Å²) in [6.07, 6.45) is 10.2. The monoisotopic (exact) mass is 673 g/mol. The van der Waals surface area contributed by atoms with Gasteiger partial charge in [0.1, 0.15) is 17.9 Å². The van der Waals surface area contributed by atoms with E-state index in [-0.39, 0.29) is 53.4 Å². The standard InChI is InChI=1S/C15H19BrN2O.C13H18BrN3.CH4.Na.H2O/c1-15(4-5-19)6-11-9-18(10-12(11)7-15)14-3-2-13(16)8-17-14;1-13(15)4-9-7-17(8-10(9)5-13)12-3-2-11(14)6-16-12;;;/h2-3,5,8,11-12H,4,6-7,9-10H2,1H3;2-3,6,9-10H,4-5,7-8,15H2,1H3;1H4;;1H2/q;;;+1;/p-1. The number of pyridine rings is 2. The predicted octanol–water partition coefficient (Wildman–Crippen LogP) is 3.16. The van der Waals surface area contributed by atoms with Crippen LogP contribution in [0.2, 0.25) is 0 Å². The fraction of sp³-hybridized carbons (Fsp3) is 0.621. The topological polar surface area (TPSA) is 105 Å². The molecule has 4 atom stereocenters. The number of hydrogen-bond donors (Lipinski definition) is 1. The van der Waals surface area contributed by atoms with Crippen LogP contribution in [-0.2, 0) is 4.79 Å². The van der Waals surface area contributed by atoms with Crippen LogP contribution in [0.5, 0.6) is 0 Å². The largest absolute Gasteiger partial charge is 1.00 e. The second kappa shape index (κ2) is 14.1. The molecule has 39 heavy (non-hydrogen) atoms. The summed E-state index contributed by atoms with van der Waals surface area (Å²) < 4.78 is 2.06. The average molecular weight is 675 g/mol. The molecule has 4 heterocycles. The molecule has 0 aromatic carbocycles. The normalized spacial score (nSPS) is 32.1. The zero-order valence-electron chi connectivity index (χ0n) is 22.7. The molecular weight excluding hydrogens is 633 g/mol. The maximum atomic E-state index is 10.8. The molecule has 3 N–H and O–H groups in total. The minimum atomic E-state index is 0. The SMILES string of the molecule is C.CC1(CC=O)CC2CN(c3ccc(Br)cn3)CC2C1.CC1(N)CC2CN(c3ccc(Br)cn3)CC2C1.[Na+].[OH-]. The van der Waals surface area contributed by atoms with Crippen molar-refractivity contribution in [1.29, 1.82) is 0 Å². The summed E-state index contributed by atoms with van der Waals surface area (Å²) in [5.74, 6) is 5.16. The van der Waals surface area contributed by atoms with Crippen LogP contribution in [0.4, 0.5) is 11.6 Å². The van der Waals surface area contributed by atoms with Crippen LogP contribution in [-0.4, -0.2) is 53.4 Å². The molecule has 2 saturated carbocycles. The van der Waals surface area contributed by atoms with Gasteiger partial charge in [0, 0.05) is 59.5 Å². The first-order valence-electron chi connectivity index (χ1n) is 13.1. The number of aldehydes is 1. The van der Waals surface area contributed by atoms with E-state index in [1.165, 1.54) is 12.8 Å². The second-order valence-corrected chi connectivity index (χ2v) is 14.0. The maximum absolute atomic E-state index is 10.8. The molecule has 6 rings (SSSR count). The number of aromatic nitrogens is 2. The third kappa shape index (κ3) is 8.27. The Hall–Kier alpha value is -0.550. The van der Waals surface area contributed by atoms with Gasteiger partial charge in [-0.2, -0.15) is 0 Å². The molecule has 2 aliphatic heterocycles. The Morgan fingerprint density at radius 2 is 1.23 bits per heavy atom. The van der Waals surface area contributed by atoms with Crippen molar-refractivity contribution in [1.82, 2.24) is 9.97 Å². The van der Waals surface area contributed by atoms with E-state index in [0.29, 0.717) is 0 Å². The molecule has 0 bridgehead atoms. The van der Waals surface area contributed by atoms with Gasteiger partial charge in [0.05, 0.1) is 0 Å². The van der Waals surface area contributed by atoms with E-state index in [4.69, 9.17) is 5.73 Å². The summed E-state index contributed by atoms with van der Waals surface area (Å²) in [4.78, 5) is 24.5. The summed E-state index contributed by atoms with van der Waals surface area (Å²) >= 11 is 6.84. The van der Waals surface area contributed by atoms with Crippen molar-refractivity contribution < 1.29 is 39.8 Å². The van der Waals surface area contributed by atoms with Crippen molar-refractivity contribution in [3.8, 4) is 0 Å². The summed E-state index contributed by atoms with van der Waals surface area (Å²) in [6.45, 7) is 8.87. The number of rotatable bonds is 4. The van der Waals surface area contributed by atoms with Crippen molar-refractivity contribution in [2.75, 3.05) is 36.0 Å². The van der Waals surface area contributed by atoms with Gasteiger partial charge in [-0.1, -0.05) is 14.4 Å². The van der Waals surface area contributed by atoms with Gasteiger partial charge in [-0.05, 0) is 118 Å². The molecule has 10 heteroatoms. The number of nitrogens with two attached hydrogens (primary N) is 1. The summed E-state index contributed by atoms with van der Waals surface area (Å²) in [5, 5.41) is 0. The van der Waals surface area contributed by atoms with Crippen molar-refractivity contribution in [3.63, 3.8) is 0 Å². The maximum Gasteiger partial charge on any atom is 1.00 e. The van der Waals surface area contributed by atoms with Crippen LogP contribution in [0.15, 0.2) is 45.6 Å². The third-order valence-electron chi connectivity index (χ3n) is 8.77. The van der Waals surface area contributed by atoms with E-state index in [2.05, 4.69) is 83.7 Å². The fourth-order valence-electron chi connectivity index (χ4n) is 7.29. The van der Waals surface area contributed by atoms with Crippen molar-refractivity contribution >= 4 is 49.8 Å². The third-order valence-corrected chi connectivity index (χ3v) is 9.71. The number of nitrogens with zero attached hydrogens (tertiary/aromatic N) is 4. The van der Waals surface area contributed by atoms with Crippen LogP contribution >= 0.6 is 31.9 Å². The van der Waals surface area contributed by atoms with Crippen LogP contribution in [0, 0.1) is 29.1 Å². The number of halogens is 2. The van der Waals surface area contributed by atoms with Crippen molar-refractivity contribution in [2.24, 2.45) is 34.8 Å². The minimum absolute atomic E-state index is 0. The Balaban J connectivity index is 0.000000255. The summed E-state index contributed by atoms with van der Waals surface area (Å²) in [6, 6.07) is 8.28. The zero-order chi connectivity index (χ0) is 25.5. The predicted molar refractivity (Wildman–Crippen MR) is 161 cm³/mol. The molecule has 7 nitrogen and oxygen atoms in total. The van der Waals surface area contributed by atoms with Gasteiger partial charge in [-0.25, -0.2) is 9.97 Å². The summed E-state index contributed by atoms with van der Waals surface area (Å²) in [5.41, 5.74) is 6.54. The number of anilines is 2. The molecule has 4 fully saturated rings. The number of carbonyl (C=O) groups is 1. The van der Waals surface area contributed by atoms with Crippen LogP contribution in [0.25, 0.3) is 0 Å². The van der Waals surface area contributed by atoms with E-state index in [9.17, 15) is 4.79 Å². The molecule has 2 saturated heterocycles. The first-order valence-corrected chi connectivity index (χ1v) is 14.7. The number of hydrogen-bond acceptors (Lipinski definition) is 7. The molecule has 0 spiro atoms. The number of fused-ring (bicyclic) bond motifs is 2. The molecule has 2 aromatic heterocycles. The van der Waals surface area contributed by atoms with Gasteiger partial charge < -0.3 is 25.8 Å². The Kier molecular flexibility index (Phi) is 12.5. The molecule has 2 aromatic rings. The first kappa shape index (κ1) is 34.7. The Morgan fingerprint density at radius 1 is 0.846 bits per heavy atom. The van der Waals surface area contributed by atoms with Crippen molar-refractivity contribution in [3.05, 3.63) is 45.6 Å². The van der Waals surface area contributed by atoms with E-state index < -0.39 is 0 Å². The molecular formula is C29H42Br2N5NaO2. The fourth-order valence-corrected chi connectivity index (χ4v) is 7.75. The summed E-state index contributed by atoms with van der Waals surface area (Å²) in [7, 11) is 0. The zero-order valence-corrected chi connectivity index (χ0v) is 27.9. The smallest absolute Gasteiger partial charge is 0.870 e. The second-order valence-electron chi connectivity index (χ2n) is 12.2. The van der Waals surface area contributed by atoms with Gasteiger partial charge in [-0.15, -0.1) is 0 Å². The first-order chi connectivity index (χ1) is 17.1. The minimum Gasteiger partial charge on any atom is -0.870 e. The van der Waals surface area contributed by atoms with Gasteiger partial charge in [0.2, 0.25) is 0 Å². The van der Waals surface area contributed by atoms with Crippen LogP contribution < -0.4 is 45.1 Å². The average Bonchev–Trinajstić information content (AvgIpc) is 3.52. The van der Waals surface area contributed by atoms with Crippen LogP contribution in [0.1, 0.15) is 53.4 Å². The Bertz CT molecular complexity index is 1040. The molecule has 4 unspecified atom stereocenters. The molecule has 210 valence electrons. The van der Waals surface area contributed by atoms with E-state index in [0.717, 1.165) is 96.0 Å². The van der Waals surface area contributed by atoms with E-state index in [1.54, 1.807) is 0 Å². The van der Waals surface area contributed by atoms with Gasteiger partial charge in [0.25, 0.3) is 0 Å². The molecule has 2 aliphatic carbocycles. The van der Waals surface area contributed by atoms with E-state index in [1.807, 2.05) is 18.5 Å². The van der Waals surface area contributed by atoms with Gasteiger partial charge in [0.15, 0.2) is 0 Å². The quantitative estimate of drug-likeness (QED) is 0.393. The molecule has 0 radical (unpaired) electrons.